The maximum absolute atomic E-state index is 8.92. The predicted octanol–water partition coefficient (Wildman–Crippen LogP) is 0.853. The largest absolute Gasteiger partial charge is 0.395 e. The molecule has 60 valence electrons. The maximum Gasteiger partial charge on any atom is 0.0586 e. The fraction of sp³-hybridized carbons (Fsp3) is 1.00. The lowest BCUT2D eigenvalue weighted by atomic mass is 10.2. The summed E-state index contributed by atoms with van der Waals surface area (Å²) >= 11 is 0. The quantitative estimate of drug-likeness (QED) is 0.633. The monoisotopic (exact) mass is 143 g/mol. The molecule has 10 heavy (non-hydrogen) atoms. The highest BCUT2D eigenvalue weighted by Gasteiger charge is 2.21. The zero-order valence-corrected chi connectivity index (χ0v) is 6.71. The molecule has 0 aromatic carbocycles. The molecule has 1 fully saturated rings. The first-order valence-electron chi connectivity index (χ1n) is 4.23. The minimum atomic E-state index is 0.347. The van der Waals surface area contributed by atoms with Crippen LogP contribution < -0.4 is 0 Å². The van der Waals surface area contributed by atoms with Crippen LogP contribution >= 0.6 is 0 Å². The predicted molar refractivity (Wildman–Crippen MR) is 42.0 cm³/mol. The van der Waals surface area contributed by atoms with Gasteiger partial charge in [0, 0.05) is 6.04 Å². The van der Waals surface area contributed by atoms with E-state index in [0.717, 1.165) is 6.54 Å². The Hall–Kier alpha value is -0.0800. The van der Waals surface area contributed by atoms with Crippen LogP contribution in [0.3, 0.4) is 0 Å². The van der Waals surface area contributed by atoms with Gasteiger partial charge in [0.15, 0.2) is 0 Å². The Morgan fingerprint density at radius 1 is 1.60 bits per heavy atom. The number of aliphatic hydroxyl groups excluding tert-OH is 1. The van der Waals surface area contributed by atoms with Crippen LogP contribution in [0.25, 0.3) is 0 Å². The molecule has 0 amide bonds. The van der Waals surface area contributed by atoms with E-state index in [1.54, 1.807) is 0 Å². The van der Waals surface area contributed by atoms with Crippen LogP contribution in [0, 0.1) is 0 Å². The molecule has 1 atom stereocenters. The third kappa shape index (κ3) is 1.70. The number of hydrogen-bond acceptors (Lipinski definition) is 2. The van der Waals surface area contributed by atoms with Crippen molar-refractivity contribution in [2.24, 2.45) is 0 Å². The molecule has 1 heterocycles. The summed E-state index contributed by atoms with van der Waals surface area (Å²) in [5, 5.41) is 8.92. The van der Waals surface area contributed by atoms with E-state index in [-0.39, 0.29) is 0 Å². The van der Waals surface area contributed by atoms with Crippen LogP contribution in [0.5, 0.6) is 0 Å². The average molecular weight is 143 g/mol. The molecule has 1 unspecified atom stereocenters. The second-order valence-corrected chi connectivity index (χ2v) is 3.01. The molecule has 0 bridgehead atoms. The average Bonchev–Trinajstić information content (AvgIpc) is 2.36. The molecule has 0 aromatic rings. The molecule has 1 saturated heterocycles. The first-order chi connectivity index (χ1) is 4.88. The Morgan fingerprint density at radius 3 is 3.00 bits per heavy atom. The van der Waals surface area contributed by atoms with Gasteiger partial charge in [0.2, 0.25) is 0 Å². The van der Waals surface area contributed by atoms with Gasteiger partial charge in [-0.15, -0.1) is 0 Å². The molecule has 1 N–H and O–H groups in total. The summed E-state index contributed by atoms with van der Waals surface area (Å²) in [6, 6.07) is 0.472. The van der Waals surface area contributed by atoms with Gasteiger partial charge < -0.3 is 5.11 Å². The third-order valence-electron chi connectivity index (χ3n) is 2.22. The number of rotatable bonds is 3. The molecular weight excluding hydrogens is 126 g/mol. The van der Waals surface area contributed by atoms with E-state index in [2.05, 4.69) is 11.8 Å². The zero-order chi connectivity index (χ0) is 7.40. The molecule has 1 aliphatic rings. The van der Waals surface area contributed by atoms with E-state index in [1.807, 2.05) is 0 Å². The van der Waals surface area contributed by atoms with Gasteiger partial charge in [-0.25, -0.2) is 0 Å². The highest BCUT2D eigenvalue weighted by Crippen LogP contribution is 2.15. The molecule has 0 saturated carbocycles. The summed E-state index contributed by atoms with van der Waals surface area (Å²) in [5.41, 5.74) is 0. The van der Waals surface area contributed by atoms with E-state index in [1.165, 1.54) is 25.8 Å². The number of likely N-dealkylation sites (tertiary alicyclic amines) is 1. The van der Waals surface area contributed by atoms with Crippen molar-refractivity contribution in [1.29, 1.82) is 0 Å². The Balaban J connectivity index is 2.27. The lowest BCUT2D eigenvalue weighted by Crippen LogP contribution is -2.32. The molecule has 0 spiro atoms. The molecule has 1 rings (SSSR count). The van der Waals surface area contributed by atoms with Crippen molar-refractivity contribution < 1.29 is 5.11 Å². The molecule has 2 nitrogen and oxygen atoms in total. The summed E-state index contributed by atoms with van der Waals surface area (Å²) in [5.74, 6) is 0. The van der Waals surface area contributed by atoms with Crippen LogP contribution in [0.2, 0.25) is 0 Å². The fourth-order valence-corrected chi connectivity index (χ4v) is 1.68. The van der Waals surface area contributed by atoms with Gasteiger partial charge in [0.05, 0.1) is 6.61 Å². The molecule has 2 heteroatoms. The van der Waals surface area contributed by atoms with Crippen LogP contribution in [0.15, 0.2) is 0 Å². The lowest BCUT2D eigenvalue weighted by Gasteiger charge is -2.21. The summed E-state index contributed by atoms with van der Waals surface area (Å²) in [6.45, 7) is 4.89. The van der Waals surface area contributed by atoms with E-state index >= 15 is 0 Å². The summed E-state index contributed by atoms with van der Waals surface area (Å²) < 4.78 is 0. The minimum absolute atomic E-state index is 0.347. The van der Waals surface area contributed by atoms with Crippen LogP contribution in [-0.4, -0.2) is 35.7 Å². The van der Waals surface area contributed by atoms with E-state index in [4.69, 9.17) is 5.11 Å². The summed E-state index contributed by atoms with van der Waals surface area (Å²) in [6.07, 6.45) is 3.66. The van der Waals surface area contributed by atoms with Crippen molar-refractivity contribution in [2.45, 2.75) is 32.2 Å². The molecule has 0 aliphatic carbocycles. The van der Waals surface area contributed by atoms with Gasteiger partial charge in [-0.05, 0) is 32.4 Å². The van der Waals surface area contributed by atoms with Crippen molar-refractivity contribution in [3.63, 3.8) is 0 Å². The van der Waals surface area contributed by atoms with Gasteiger partial charge in [-0.1, -0.05) is 6.92 Å². The molecule has 0 radical (unpaired) electrons. The van der Waals surface area contributed by atoms with Crippen molar-refractivity contribution in [3.8, 4) is 0 Å². The minimum Gasteiger partial charge on any atom is -0.395 e. The first kappa shape index (κ1) is 8.02. The smallest absolute Gasteiger partial charge is 0.0586 e. The number of aliphatic hydroxyl groups is 1. The topological polar surface area (TPSA) is 23.5 Å². The molecular formula is C8H17NO. The number of nitrogens with zero attached hydrogens (tertiary/aromatic N) is 1. The van der Waals surface area contributed by atoms with Crippen LogP contribution in [0.4, 0.5) is 0 Å². The normalized spacial score (nSPS) is 27.6. The van der Waals surface area contributed by atoms with Crippen molar-refractivity contribution in [3.05, 3.63) is 0 Å². The summed E-state index contributed by atoms with van der Waals surface area (Å²) in [7, 11) is 0. The number of hydrogen-bond donors (Lipinski definition) is 1. The maximum atomic E-state index is 8.92. The highest BCUT2D eigenvalue weighted by molar-refractivity contribution is 4.77. The van der Waals surface area contributed by atoms with Gasteiger partial charge in [0.25, 0.3) is 0 Å². The van der Waals surface area contributed by atoms with Crippen LogP contribution in [-0.2, 0) is 0 Å². The Bertz CT molecular complexity index is 95.3. The standard InChI is InChI=1S/C8H17NO/c1-2-5-9-6-3-4-8(9)7-10/h8,10H,2-7H2,1H3. The zero-order valence-electron chi connectivity index (χ0n) is 6.71. The van der Waals surface area contributed by atoms with Gasteiger partial charge >= 0.3 is 0 Å². The van der Waals surface area contributed by atoms with Crippen LogP contribution in [0.1, 0.15) is 26.2 Å². The van der Waals surface area contributed by atoms with Gasteiger partial charge in [-0.2, -0.15) is 0 Å². The van der Waals surface area contributed by atoms with E-state index in [9.17, 15) is 0 Å². The SMILES string of the molecule is CCCN1CCCC1CO. The fourth-order valence-electron chi connectivity index (χ4n) is 1.68. The second-order valence-electron chi connectivity index (χ2n) is 3.01. The Kier molecular flexibility index (Phi) is 3.16. The summed E-state index contributed by atoms with van der Waals surface area (Å²) in [4.78, 5) is 2.39. The van der Waals surface area contributed by atoms with Crippen molar-refractivity contribution in [2.75, 3.05) is 19.7 Å². The Labute approximate surface area is 62.8 Å². The lowest BCUT2D eigenvalue weighted by molar-refractivity contribution is 0.159. The molecule has 0 aromatic heterocycles. The van der Waals surface area contributed by atoms with Crippen molar-refractivity contribution >= 4 is 0 Å². The van der Waals surface area contributed by atoms with E-state index < -0.39 is 0 Å². The van der Waals surface area contributed by atoms with E-state index in [0.29, 0.717) is 12.6 Å². The second kappa shape index (κ2) is 3.94. The van der Waals surface area contributed by atoms with Gasteiger partial charge in [-0.3, -0.25) is 4.90 Å². The highest BCUT2D eigenvalue weighted by atomic mass is 16.3. The Morgan fingerprint density at radius 2 is 2.40 bits per heavy atom. The third-order valence-corrected chi connectivity index (χ3v) is 2.22. The van der Waals surface area contributed by atoms with Crippen molar-refractivity contribution in [1.82, 2.24) is 4.90 Å². The molecule has 1 aliphatic heterocycles. The first-order valence-corrected chi connectivity index (χ1v) is 4.23. The van der Waals surface area contributed by atoms with Gasteiger partial charge in [0.1, 0.15) is 0 Å².